The summed E-state index contributed by atoms with van der Waals surface area (Å²) in [6, 6.07) is 3.78. The van der Waals surface area contributed by atoms with E-state index in [2.05, 4.69) is 32.7 Å². The summed E-state index contributed by atoms with van der Waals surface area (Å²) in [4.78, 5) is 4.61. The third-order valence-corrected chi connectivity index (χ3v) is 3.73. The van der Waals surface area contributed by atoms with E-state index in [1.807, 2.05) is 25.3 Å². The molecule has 0 spiro atoms. The molecule has 0 saturated heterocycles. The first-order chi connectivity index (χ1) is 12.3. The number of aliphatic imine (C=N–C) groups is 1. The molecule has 0 radical (unpaired) electrons. The zero-order chi connectivity index (χ0) is 17.7. The normalized spacial score (nSPS) is 11.2. The Morgan fingerprint density at radius 2 is 2.23 bits per heavy atom. The molecule has 0 atom stereocenters. The number of hydrogen-bond donors (Lipinski definition) is 3. The van der Waals surface area contributed by atoms with Crippen LogP contribution in [0.2, 0.25) is 0 Å². The molecule has 0 aliphatic carbocycles. The lowest BCUT2D eigenvalue weighted by Crippen LogP contribution is -2.38. The Bertz CT molecular complexity index is 613. The Kier molecular flexibility index (Phi) is 11.8. The third-order valence-electron chi connectivity index (χ3n) is 3.73. The summed E-state index contributed by atoms with van der Waals surface area (Å²) in [5, 5.41) is 13.6. The van der Waals surface area contributed by atoms with Gasteiger partial charge >= 0.3 is 0 Å². The van der Waals surface area contributed by atoms with Crippen LogP contribution in [0, 0.1) is 6.92 Å². The average Bonchev–Trinajstić information content (AvgIpc) is 3.26. The highest BCUT2D eigenvalue weighted by molar-refractivity contribution is 14.0. The summed E-state index contributed by atoms with van der Waals surface area (Å²) in [5.41, 5.74) is 2.41. The van der Waals surface area contributed by atoms with Crippen LogP contribution in [0.3, 0.4) is 0 Å². The molecule has 26 heavy (non-hydrogen) atoms. The minimum Gasteiger partial charge on any atom is -0.467 e. The molecular weight excluding hydrogens is 445 g/mol. The number of aryl methyl sites for hydroxylation is 2. The zero-order valence-corrected chi connectivity index (χ0v) is 17.9. The monoisotopic (exact) mass is 475 g/mol. The first-order valence-electron chi connectivity index (χ1n) is 8.90. The largest absolute Gasteiger partial charge is 0.467 e. The van der Waals surface area contributed by atoms with Gasteiger partial charge < -0.3 is 19.8 Å². The Hall–Kier alpha value is -1.55. The maximum absolute atomic E-state index is 5.57. The van der Waals surface area contributed by atoms with E-state index in [4.69, 9.17) is 9.15 Å². The van der Waals surface area contributed by atoms with Gasteiger partial charge in [-0.3, -0.25) is 10.1 Å². The molecule has 0 aromatic carbocycles. The number of nitrogens with one attached hydrogen (secondary N) is 3. The van der Waals surface area contributed by atoms with Crippen molar-refractivity contribution in [2.24, 2.45) is 4.99 Å². The van der Waals surface area contributed by atoms with Crippen molar-refractivity contribution in [3.8, 4) is 0 Å². The highest BCUT2D eigenvalue weighted by Crippen LogP contribution is 2.05. The Balaban J connectivity index is 0.00000338. The highest BCUT2D eigenvalue weighted by Gasteiger charge is 2.01. The van der Waals surface area contributed by atoms with Crippen LogP contribution in [0.5, 0.6) is 0 Å². The van der Waals surface area contributed by atoms with Crippen molar-refractivity contribution in [3.63, 3.8) is 0 Å². The van der Waals surface area contributed by atoms with Crippen LogP contribution < -0.4 is 10.6 Å². The van der Waals surface area contributed by atoms with E-state index < -0.39 is 0 Å². The minimum absolute atomic E-state index is 0. The second kappa shape index (κ2) is 13.6. The second-order valence-electron chi connectivity index (χ2n) is 5.80. The smallest absolute Gasteiger partial charge is 0.191 e. The summed E-state index contributed by atoms with van der Waals surface area (Å²) in [7, 11) is 0. The molecule has 2 rings (SSSR count). The van der Waals surface area contributed by atoms with Crippen molar-refractivity contribution < 1.29 is 9.15 Å². The van der Waals surface area contributed by atoms with Crippen molar-refractivity contribution in [2.45, 2.75) is 39.7 Å². The summed E-state index contributed by atoms with van der Waals surface area (Å²) in [6.07, 6.45) is 6.47. The number of guanidine groups is 1. The predicted octanol–water partition coefficient (Wildman–Crippen LogP) is 3.02. The molecule has 0 aliphatic heterocycles. The van der Waals surface area contributed by atoms with Crippen LogP contribution in [0.1, 0.15) is 36.8 Å². The molecule has 3 N–H and O–H groups in total. The molecule has 7 nitrogen and oxygen atoms in total. The number of nitrogens with zero attached hydrogens (tertiary/aromatic N) is 2. The van der Waals surface area contributed by atoms with Gasteiger partial charge in [0.05, 0.1) is 12.5 Å². The number of halogens is 1. The highest BCUT2D eigenvalue weighted by atomic mass is 127. The summed E-state index contributed by atoms with van der Waals surface area (Å²) < 4.78 is 10.8. The maximum atomic E-state index is 5.57. The maximum Gasteiger partial charge on any atom is 0.191 e. The van der Waals surface area contributed by atoms with Crippen LogP contribution in [-0.4, -0.2) is 42.4 Å². The molecule has 0 saturated carbocycles. The molecule has 0 bridgehead atoms. The topological polar surface area (TPSA) is 87.5 Å². The fourth-order valence-electron chi connectivity index (χ4n) is 2.38. The van der Waals surface area contributed by atoms with E-state index >= 15 is 0 Å². The number of hydrogen-bond acceptors (Lipinski definition) is 4. The fraction of sp³-hybridized carbons (Fsp3) is 0.556. The number of rotatable bonds is 11. The van der Waals surface area contributed by atoms with Crippen LogP contribution >= 0.6 is 24.0 Å². The van der Waals surface area contributed by atoms with Gasteiger partial charge in [-0.2, -0.15) is 5.10 Å². The van der Waals surface area contributed by atoms with E-state index in [0.29, 0.717) is 13.2 Å². The van der Waals surface area contributed by atoms with Gasteiger partial charge in [0.25, 0.3) is 0 Å². The molecule has 8 heteroatoms. The molecule has 0 fully saturated rings. The molecule has 0 unspecified atom stereocenters. The standard InChI is InChI=1S/C18H29N5O2.HI/c1-3-19-18(20-9-4-7-16-13-22-23-15(16)2)21-10-6-11-24-14-17-8-5-12-25-17;/h5,8,12-13H,3-4,6-7,9-11,14H2,1-2H3,(H,22,23)(H2,19,20,21);1H. The van der Waals surface area contributed by atoms with E-state index in [9.17, 15) is 0 Å². The van der Waals surface area contributed by atoms with Gasteiger partial charge in [-0.15, -0.1) is 24.0 Å². The van der Waals surface area contributed by atoms with Gasteiger partial charge in [-0.1, -0.05) is 0 Å². The van der Waals surface area contributed by atoms with E-state index in [0.717, 1.165) is 56.3 Å². The summed E-state index contributed by atoms with van der Waals surface area (Å²) in [6.45, 7) is 7.78. The molecular formula is C18H30IN5O2. The van der Waals surface area contributed by atoms with Crippen LogP contribution in [0.4, 0.5) is 0 Å². The van der Waals surface area contributed by atoms with Crippen molar-refractivity contribution in [1.82, 2.24) is 20.8 Å². The lowest BCUT2D eigenvalue weighted by molar-refractivity contribution is 0.105. The van der Waals surface area contributed by atoms with E-state index in [1.54, 1.807) is 6.26 Å². The summed E-state index contributed by atoms with van der Waals surface area (Å²) >= 11 is 0. The predicted molar refractivity (Wildman–Crippen MR) is 114 cm³/mol. The molecule has 0 amide bonds. The van der Waals surface area contributed by atoms with E-state index in [1.165, 1.54) is 5.56 Å². The van der Waals surface area contributed by atoms with Crippen molar-refractivity contribution in [3.05, 3.63) is 41.6 Å². The third kappa shape index (κ3) is 8.70. The Morgan fingerprint density at radius 1 is 1.35 bits per heavy atom. The molecule has 2 aromatic rings. The van der Waals surface area contributed by atoms with Crippen LogP contribution in [-0.2, 0) is 17.8 Å². The zero-order valence-electron chi connectivity index (χ0n) is 15.6. The lowest BCUT2D eigenvalue weighted by Gasteiger charge is -2.11. The lowest BCUT2D eigenvalue weighted by atomic mass is 10.1. The van der Waals surface area contributed by atoms with Gasteiger partial charge in [-0.05, 0) is 50.8 Å². The number of furan rings is 1. The number of aromatic nitrogens is 2. The molecule has 2 aromatic heterocycles. The van der Waals surface area contributed by atoms with Gasteiger partial charge in [0.15, 0.2) is 5.96 Å². The molecule has 2 heterocycles. The number of H-pyrrole nitrogens is 1. The fourth-order valence-corrected chi connectivity index (χ4v) is 2.38. The van der Waals surface area contributed by atoms with Gasteiger partial charge in [0, 0.05) is 31.9 Å². The molecule has 146 valence electrons. The first-order valence-corrected chi connectivity index (χ1v) is 8.90. The number of aromatic amines is 1. The minimum atomic E-state index is 0. The Labute approximate surface area is 172 Å². The molecule has 0 aliphatic rings. The second-order valence-corrected chi connectivity index (χ2v) is 5.80. The van der Waals surface area contributed by atoms with Crippen molar-refractivity contribution in [1.29, 1.82) is 0 Å². The SMILES string of the molecule is CCNC(=NCCCc1cn[nH]c1C)NCCCOCc1ccco1.I. The van der Waals surface area contributed by atoms with Gasteiger partial charge in [-0.25, -0.2) is 0 Å². The average molecular weight is 475 g/mol. The van der Waals surface area contributed by atoms with E-state index in [-0.39, 0.29) is 24.0 Å². The first kappa shape index (κ1) is 22.5. The van der Waals surface area contributed by atoms with Crippen molar-refractivity contribution in [2.75, 3.05) is 26.2 Å². The van der Waals surface area contributed by atoms with Crippen molar-refractivity contribution >= 4 is 29.9 Å². The Morgan fingerprint density at radius 3 is 2.92 bits per heavy atom. The summed E-state index contributed by atoms with van der Waals surface area (Å²) in [5.74, 6) is 1.72. The number of ether oxygens (including phenoxy) is 1. The quantitative estimate of drug-likeness (QED) is 0.201. The van der Waals surface area contributed by atoms with Crippen LogP contribution in [0.15, 0.2) is 34.0 Å². The van der Waals surface area contributed by atoms with Crippen LogP contribution in [0.25, 0.3) is 0 Å². The van der Waals surface area contributed by atoms with Gasteiger partial charge in [0.2, 0.25) is 0 Å². The van der Waals surface area contributed by atoms with Gasteiger partial charge in [0.1, 0.15) is 12.4 Å².